The SMILES string of the molecule is Cc1sccc1C(O)C(O)C#N. The van der Waals surface area contributed by atoms with Crippen molar-refractivity contribution < 1.29 is 10.2 Å². The van der Waals surface area contributed by atoms with Gasteiger partial charge >= 0.3 is 0 Å². The summed E-state index contributed by atoms with van der Waals surface area (Å²) < 4.78 is 0. The molecule has 0 amide bonds. The van der Waals surface area contributed by atoms with Crippen molar-refractivity contribution in [3.8, 4) is 6.07 Å². The van der Waals surface area contributed by atoms with Crippen LogP contribution < -0.4 is 0 Å². The van der Waals surface area contributed by atoms with Crippen molar-refractivity contribution in [2.45, 2.75) is 19.1 Å². The molecule has 0 bridgehead atoms. The van der Waals surface area contributed by atoms with E-state index in [0.717, 1.165) is 4.88 Å². The minimum Gasteiger partial charge on any atom is -0.385 e. The summed E-state index contributed by atoms with van der Waals surface area (Å²) in [7, 11) is 0. The van der Waals surface area contributed by atoms with Crippen LogP contribution in [0.15, 0.2) is 11.4 Å². The zero-order valence-electron chi connectivity index (χ0n) is 6.56. The molecule has 3 nitrogen and oxygen atoms in total. The third-order valence-corrected chi connectivity index (χ3v) is 2.51. The molecule has 4 heteroatoms. The van der Waals surface area contributed by atoms with Gasteiger partial charge in [0.05, 0.1) is 6.07 Å². The highest BCUT2D eigenvalue weighted by atomic mass is 32.1. The number of hydrogen-bond acceptors (Lipinski definition) is 4. The van der Waals surface area contributed by atoms with Crippen LogP contribution in [0.4, 0.5) is 0 Å². The number of rotatable bonds is 2. The third-order valence-electron chi connectivity index (χ3n) is 1.65. The van der Waals surface area contributed by atoms with E-state index in [1.807, 2.05) is 12.3 Å². The Hall–Kier alpha value is -0.890. The molecule has 0 aliphatic heterocycles. The number of nitriles is 1. The van der Waals surface area contributed by atoms with Crippen molar-refractivity contribution in [2.24, 2.45) is 0 Å². The molecule has 0 saturated heterocycles. The molecule has 0 aromatic carbocycles. The van der Waals surface area contributed by atoms with Crippen LogP contribution in [0.1, 0.15) is 16.5 Å². The van der Waals surface area contributed by atoms with E-state index >= 15 is 0 Å². The lowest BCUT2D eigenvalue weighted by Crippen LogP contribution is -2.15. The van der Waals surface area contributed by atoms with Crippen LogP contribution in [0.2, 0.25) is 0 Å². The Bertz CT molecular complexity index is 302. The largest absolute Gasteiger partial charge is 0.385 e. The van der Waals surface area contributed by atoms with Crippen molar-refractivity contribution in [1.29, 1.82) is 5.26 Å². The molecule has 2 atom stereocenters. The molecule has 0 spiro atoms. The van der Waals surface area contributed by atoms with Crippen molar-refractivity contribution in [1.82, 2.24) is 0 Å². The molecule has 2 unspecified atom stereocenters. The standard InChI is InChI=1S/C8H9NO2S/c1-5-6(2-3-12-5)8(11)7(10)4-9/h2-3,7-8,10-11H,1H3. The van der Waals surface area contributed by atoms with E-state index in [2.05, 4.69) is 0 Å². The van der Waals surface area contributed by atoms with E-state index < -0.39 is 12.2 Å². The van der Waals surface area contributed by atoms with Gasteiger partial charge in [-0.15, -0.1) is 11.3 Å². The fourth-order valence-corrected chi connectivity index (χ4v) is 1.69. The van der Waals surface area contributed by atoms with Gasteiger partial charge in [-0.05, 0) is 23.9 Å². The molecule has 0 saturated carbocycles. The van der Waals surface area contributed by atoms with Crippen molar-refractivity contribution in [3.63, 3.8) is 0 Å². The van der Waals surface area contributed by atoms with Gasteiger partial charge in [-0.25, -0.2) is 0 Å². The van der Waals surface area contributed by atoms with E-state index in [-0.39, 0.29) is 0 Å². The minimum atomic E-state index is -1.33. The Morgan fingerprint density at radius 2 is 2.25 bits per heavy atom. The number of thiophene rings is 1. The second-order valence-electron chi connectivity index (χ2n) is 2.45. The fourth-order valence-electron chi connectivity index (χ4n) is 0.942. The summed E-state index contributed by atoms with van der Waals surface area (Å²) in [6, 6.07) is 3.30. The Labute approximate surface area is 74.5 Å². The Kier molecular flexibility index (Phi) is 2.82. The first kappa shape index (κ1) is 9.20. The van der Waals surface area contributed by atoms with Crippen LogP contribution in [-0.2, 0) is 0 Å². The molecular weight excluding hydrogens is 174 g/mol. The van der Waals surface area contributed by atoms with Crippen LogP contribution in [0, 0.1) is 18.3 Å². The Balaban J connectivity index is 2.86. The molecule has 0 aliphatic rings. The zero-order valence-corrected chi connectivity index (χ0v) is 7.38. The minimum absolute atomic E-state index is 0.633. The summed E-state index contributed by atoms with van der Waals surface area (Å²) in [5, 5.41) is 28.6. The molecular formula is C8H9NO2S. The van der Waals surface area contributed by atoms with Gasteiger partial charge in [0, 0.05) is 4.88 Å². The fraction of sp³-hybridized carbons (Fsp3) is 0.375. The molecule has 64 valence electrons. The van der Waals surface area contributed by atoms with Gasteiger partial charge in [0.15, 0.2) is 6.10 Å². The maximum absolute atomic E-state index is 9.39. The molecule has 0 aliphatic carbocycles. The lowest BCUT2D eigenvalue weighted by atomic mass is 10.1. The van der Waals surface area contributed by atoms with Crippen molar-refractivity contribution in [2.75, 3.05) is 0 Å². The van der Waals surface area contributed by atoms with E-state index in [4.69, 9.17) is 10.4 Å². The van der Waals surface area contributed by atoms with Crippen LogP contribution in [0.25, 0.3) is 0 Å². The number of aliphatic hydroxyl groups is 2. The topological polar surface area (TPSA) is 64.2 Å². The molecule has 0 fully saturated rings. The van der Waals surface area contributed by atoms with Gasteiger partial charge in [-0.2, -0.15) is 5.26 Å². The lowest BCUT2D eigenvalue weighted by Gasteiger charge is -2.10. The van der Waals surface area contributed by atoms with Crippen molar-refractivity contribution >= 4 is 11.3 Å². The third kappa shape index (κ3) is 1.64. The highest BCUT2D eigenvalue weighted by Gasteiger charge is 2.19. The van der Waals surface area contributed by atoms with Gasteiger partial charge < -0.3 is 10.2 Å². The Morgan fingerprint density at radius 3 is 2.67 bits per heavy atom. The lowest BCUT2D eigenvalue weighted by molar-refractivity contribution is 0.0527. The summed E-state index contributed by atoms with van der Waals surface area (Å²) in [4.78, 5) is 0.928. The summed E-state index contributed by atoms with van der Waals surface area (Å²) in [6.45, 7) is 1.84. The van der Waals surface area contributed by atoms with Gasteiger partial charge in [0.2, 0.25) is 0 Å². The molecule has 1 heterocycles. The monoisotopic (exact) mass is 183 g/mol. The van der Waals surface area contributed by atoms with Gasteiger partial charge in [-0.3, -0.25) is 0 Å². The molecule has 12 heavy (non-hydrogen) atoms. The van der Waals surface area contributed by atoms with E-state index in [0.29, 0.717) is 5.56 Å². The smallest absolute Gasteiger partial charge is 0.170 e. The van der Waals surface area contributed by atoms with Gasteiger partial charge in [0.1, 0.15) is 6.10 Å². The number of aryl methyl sites for hydroxylation is 1. The highest BCUT2D eigenvalue weighted by Crippen LogP contribution is 2.24. The average molecular weight is 183 g/mol. The summed E-state index contributed by atoms with van der Waals surface area (Å²) in [6.07, 6.45) is -2.42. The van der Waals surface area contributed by atoms with Gasteiger partial charge in [0.25, 0.3) is 0 Å². The maximum Gasteiger partial charge on any atom is 0.170 e. The van der Waals surface area contributed by atoms with E-state index in [1.165, 1.54) is 11.3 Å². The highest BCUT2D eigenvalue weighted by molar-refractivity contribution is 7.10. The molecule has 0 radical (unpaired) electrons. The van der Waals surface area contributed by atoms with E-state index in [9.17, 15) is 5.11 Å². The quantitative estimate of drug-likeness (QED) is 0.671. The number of aliphatic hydroxyl groups excluding tert-OH is 2. The zero-order chi connectivity index (χ0) is 9.14. The first-order valence-corrected chi connectivity index (χ1v) is 4.34. The van der Waals surface area contributed by atoms with Crippen LogP contribution in [0.3, 0.4) is 0 Å². The molecule has 1 aromatic rings. The maximum atomic E-state index is 9.39. The second-order valence-corrected chi connectivity index (χ2v) is 3.57. The summed E-state index contributed by atoms with van der Waals surface area (Å²) in [5.41, 5.74) is 0.633. The number of nitrogens with zero attached hydrogens (tertiary/aromatic N) is 1. The normalized spacial score (nSPS) is 15.2. The predicted molar refractivity (Wildman–Crippen MR) is 45.6 cm³/mol. The van der Waals surface area contributed by atoms with Crippen molar-refractivity contribution in [3.05, 3.63) is 21.9 Å². The van der Waals surface area contributed by atoms with Gasteiger partial charge in [-0.1, -0.05) is 0 Å². The van der Waals surface area contributed by atoms with Crippen LogP contribution in [0.5, 0.6) is 0 Å². The molecule has 2 N–H and O–H groups in total. The first-order chi connectivity index (χ1) is 5.66. The van der Waals surface area contributed by atoms with Crippen LogP contribution in [-0.4, -0.2) is 16.3 Å². The summed E-state index contributed by atoms with van der Waals surface area (Å²) in [5.74, 6) is 0. The molecule has 1 rings (SSSR count). The first-order valence-electron chi connectivity index (χ1n) is 3.46. The predicted octanol–water partition coefficient (Wildman–Crippen LogP) is 0.974. The average Bonchev–Trinajstić information content (AvgIpc) is 2.48. The number of hydrogen-bond donors (Lipinski definition) is 2. The Morgan fingerprint density at radius 1 is 1.58 bits per heavy atom. The second kappa shape index (κ2) is 3.68. The molecule has 1 aromatic heterocycles. The summed E-state index contributed by atoms with van der Waals surface area (Å²) >= 11 is 1.48. The van der Waals surface area contributed by atoms with Crippen LogP contribution >= 0.6 is 11.3 Å². The van der Waals surface area contributed by atoms with E-state index in [1.54, 1.807) is 12.1 Å².